The monoisotopic (exact) mass is 392 g/mol. The molecule has 0 saturated carbocycles. The molecule has 0 aliphatic carbocycles. The lowest BCUT2D eigenvalue weighted by molar-refractivity contribution is 0.103. The van der Waals surface area contributed by atoms with Crippen LogP contribution in [0, 0.1) is 6.92 Å². The van der Waals surface area contributed by atoms with E-state index in [1.165, 1.54) is 17.5 Å². The van der Waals surface area contributed by atoms with Gasteiger partial charge in [0.2, 0.25) is 0 Å². The van der Waals surface area contributed by atoms with E-state index in [0.29, 0.717) is 27.3 Å². The molecule has 7 heteroatoms. The zero-order valence-electron chi connectivity index (χ0n) is 13.3. The number of aromatic nitrogens is 1. The molecule has 4 nitrogen and oxygen atoms in total. The van der Waals surface area contributed by atoms with Crippen molar-refractivity contribution in [3.8, 4) is 5.75 Å². The number of halogens is 2. The largest absolute Gasteiger partial charge is 0.489 e. The van der Waals surface area contributed by atoms with Crippen molar-refractivity contribution < 1.29 is 9.53 Å². The van der Waals surface area contributed by atoms with Crippen LogP contribution in [0.5, 0.6) is 5.75 Å². The molecule has 0 unspecified atom stereocenters. The smallest absolute Gasteiger partial charge is 0.266 e. The second kappa shape index (κ2) is 7.87. The van der Waals surface area contributed by atoms with Gasteiger partial charge in [-0.15, -0.1) is 11.3 Å². The Balaban J connectivity index is 1.60. The topological polar surface area (TPSA) is 51.2 Å². The maximum atomic E-state index is 12.2. The molecule has 0 bridgehead atoms. The maximum Gasteiger partial charge on any atom is 0.266 e. The van der Waals surface area contributed by atoms with Crippen LogP contribution >= 0.6 is 34.5 Å². The van der Waals surface area contributed by atoms with Crippen LogP contribution in [0.1, 0.15) is 20.8 Å². The van der Waals surface area contributed by atoms with E-state index in [4.69, 9.17) is 27.9 Å². The third-order valence-corrected chi connectivity index (χ3v) is 5.01. The summed E-state index contributed by atoms with van der Waals surface area (Å²) in [6.45, 7) is 2.30. The van der Waals surface area contributed by atoms with Gasteiger partial charge >= 0.3 is 0 Å². The molecule has 0 saturated heterocycles. The van der Waals surface area contributed by atoms with E-state index in [9.17, 15) is 4.79 Å². The van der Waals surface area contributed by atoms with Crippen LogP contribution in [0.25, 0.3) is 0 Å². The van der Waals surface area contributed by atoms with E-state index in [2.05, 4.69) is 10.3 Å². The van der Waals surface area contributed by atoms with E-state index in [0.717, 1.165) is 16.9 Å². The first-order valence-corrected chi connectivity index (χ1v) is 9.04. The first-order chi connectivity index (χ1) is 12.0. The number of thiophene rings is 1. The van der Waals surface area contributed by atoms with Gasteiger partial charge in [-0.1, -0.05) is 23.2 Å². The molecule has 0 atom stereocenters. The van der Waals surface area contributed by atoms with Gasteiger partial charge in [0.15, 0.2) is 0 Å². The highest BCUT2D eigenvalue weighted by Gasteiger charge is 2.11. The van der Waals surface area contributed by atoms with Crippen molar-refractivity contribution in [2.45, 2.75) is 13.5 Å². The lowest BCUT2D eigenvalue weighted by Crippen LogP contribution is -2.11. The van der Waals surface area contributed by atoms with Crippen molar-refractivity contribution in [3.05, 3.63) is 74.0 Å². The molecule has 2 heterocycles. The number of aryl methyl sites for hydroxylation is 1. The van der Waals surface area contributed by atoms with Crippen molar-refractivity contribution in [2.24, 2.45) is 0 Å². The maximum absolute atomic E-state index is 12.2. The number of rotatable bonds is 5. The number of anilines is 1. The first kappa shape index (κ1) is 17.7. The summed E-state index contributed by atoms with van der Waals surface area (Å²) >= 11 is 13.1. The fourth-order valence-electron chi connectivity index (χ4n) is 2.07. The van der Waals surface area contributed by atoms with Gasteiger partial charge in [0, 0.05) is 16.8 Å². The second-order valence-electron chi connectivity index (χ2n) is 5.33. The number of carbonyl (C=O) groups excluding carboxylic acids is 1. The van der Waals surface area contributed by atoms with Gasteiger partial charge < -0.3 is 10.1 Å². The number of hydrogen-bond donors (Lipinski definition) is 1. The summed E-state index contributed by atoms with van der Waals surface area (Å²) in [4.78, 5) is 16.9. The minimum atomic E-state index is -0.214. The normalized spacial score (nSPS) is 10.5. The molecule has 1 amide bonds. The summed E-state index contributed by atoms with van der Waals surface area (Å²) in [5.74, 6) is 0.982. The third-order valence-electron chi connectivity index (χ3n) is 3.38. The van der Waals surface area contributed by atoms with E-state index >= 15 is 0 Å². The second-order valence-corrected chi connectivity index (χ2v) is 7.09. The predicted octanol–water partition coefficient (Wildman–Crippen LogP) is 5.59. The number of hydrogen-bond acceptors (Lipinski definition) is 4. The van der Waals surface area contributed by atoms with Crippen LogP contribution in [0.3, 0.4) is 0 Å². The highest BCUT2D eigenvalue weighted by molar-refractivity contribution is 7.12. The van der Waals surface area contributed by atoms with Gasteiger partial charge in [-0.2, -0.15) is 0 Å². The number of nitrogens with one attached hydrogen (secondary N) is 1. The van der Waals surface area contributed by atoms with Gasteiger partial charge in [0.1, 0.15) is 18.2 Å². The number of pyridine rings is 1. The fraction of sp³-hybridized carbons (Fsp3) is 0.111. The lowest BCUT2D eigenvalue weighted by atomic mass is 10.2. The van der Waals surface area contributed by atoms with Gasteiger partial charge in [0.05, 0.1) is 9.90 Å². The van der Waals surface area contributed by atoms with Crippen molar-refractivity contribution in [1.82, 2.24) is 4.98 Å². The van der Waals surface area contributed by atoms with Crippen LogP contribution in [-0.2, 0) is 6.61 Å². The zero-order valence-corrected chi connectivity index (χ0v) is 15.6. The predicted molar refractivity (Wildman–Crippen MR) is 102 cm³/mol. The average molecular weight is 393 g/mol. The molecular formula is C18H14Cl2N2O2S. The zero-order chi connectivity index (χ0) is 17.8. The van der Waals surface area contributed by atoms with Crippen molar-refractivity contribution in [2.75, 3.05) is 5.32 Å². The number of nitrogens with zero attached hydrogens (tertiary/aromatic N) is 1. The quantitative estimate of drug-likeness (QED) is 0.615. The molecule has 3 aromatic rings. The Kier molecular flexibility index (Phi) is 5.58. The average Bonchev–Trinajstić information content (AvgIpc) is 3.07. The van der Waals surface area contributed by atoms with E-state index < -0.39 is 0 Å². The van der Waals surface area contributed by atoms with E-state index in [1.54, 1.807) is 24.3 Å². The van der Waals surface area contributed by atoms with E-state index in [1.807, 2.05) is 24.4 Å². The molecular weight excluding hydrogens is 379 g/mol. The standard InChI is InChI=1S/C18H14Cl2N2O2S/c1-11-6-14(3-4-15(11)20)24-9-12-7-16(25-10-12)18(23)22-17-5-2-13(19)8-21-17/h2-8,10H,9H2,1H3,(H,21,22,23). The van der Waals surface area contributed by atoms with Gasteiger partial charge in [-0.3, -0.25) is 4.79 Å². The van der Waals surface area contributed by atoms with Crippen LogP contribution in [0.4, 0.5) is 5.82 Å². The molecule has 0 aliphatic heterocycles. The summed E-state index contributed by atoms with van der Waals surface area (Å²) in [5, 5.41) is 5.85. The van der Waals surface area contributed by atoms with Crippen LogP contribution in [0.15, 0.2) is 48.0 Å². The SMILES string of the molecule is Cc1cc(OCc2csc(C(=O)Nc3ccc(Cl)cn3)c2)ccc1Cl. The molecule has 0 aliphatic rings. The van der Waals surface area contributed by atoms with E-state index in [-0.39, 0.29) is 5.91 Å². The highest BCUT2D eigenvalue weighted by atomic mass is 35.5. The molecule has 1 aromatic carbocycles. The Labute approximate surface area is 159 Å². The minimum absolute atomic E-state index is 0.214. The molecule has 1 N–H and O–H groups in total. The Hall–Kier alpha value is -2.08. The summed E-state index contributed by atoms with van der Waals surface area (Å²) in [6.07, 6.45) is 1.49. The third kappa shape index (κ3) is 4.72. The number of carbonyl (C=O) groups is 1. The summed E-state index contributed by atoms with van der Waals surface area (Å²) in [6, 6.07) is 10.6. The molecule has 0 fully saturated rings. The molecule has 25 heavy (non-hydrogen) atoms. The van der Waals surface area contributed by atoms with Gasteiger partial charge in [-0.25, -0.2) is 4.98 Å². The van der Waals surface area contributed by atoms with Crippen molar-refractivity contribution in [1.29, 1.82) is 0 Å². The Bertz CT molecular complexity index is 894. The molecule has 128 valence electrons. The van der Waals surface area contributed by atoms with Crippen molar-refractivity contribution >= 4 is 46.3 Å². The fourth-order valence-corrected chi connectivity index (χ4v) is 3.09. The number of amides is 1. The Morgan fingerprint density at radius 1 is 1.24 bits per heavy atom. The van der Waals surface area contributed by atoms with Crippen molar-refractivity contribution in [3.63, 3.8) is 0 Å². The minimum Gasteiger partial charge on any atom is -0.489 e. The van der Waals surface area contributed by atoms with Gasteiger partial charge in [-0.05, 0) is 54.3 Å². The first-order valence-electron chi connectivity index (χ1n) is 7.40. The van der Waals surface area contributed by atoms with Gasteiger partial charge in [0.25, 0.3) is 5.91 Å². The molecule has 2 aromatic heterocycles. The molecule has 3 rings (SSSR count). The van der Waals surface area contributed by atoms with Crippen LogP contribution in [-0.4, -0.2) is 10.9 Å². The Morgan fingerprint density at radius 2 is 2.08 bits per heavy atom. The summed E-state index contributed by atoms with van der Waals surface area (Å²) in [7, 11) is 0. The lowest BCUT2D eigenvalue weighted by Gasteiger charge is -2.06. The van der Waals surface area contributed by atoms with Crippen LogP contribution < -0.4 is 10.1 Å². The highest BCUT2D eigenvalue weighted by Crippen LogP contribution is 2.23. The molecule has 0 spiro atoms. The summed E-state index contributed by atoms with van der Waals surface area (Å²) in [5.41, 5.74) is 1.88. The number of benzene rings is 1. The summed E-state index contributed by atoms with van der Waals surface area (Å²) < 4.78 is 5.74. The van der Waals surface area contributed by atoms with Crippen LogP contribution in [0.2, 0.25) is 10.0 Å². The Morgan fingerprint density at radius 3 is 2.80 bits per heavy atom. The molecule has 0 radical (unpaired) electrons. The number of ether oxygens (including phenoxy) is 1.